The van der Waals surface area contributed by atoms with Gasteiger partial charge in [-0.05, 0) is 12.8 Å². The minimum atomic E-state index is -0.343. The highest BCUT2D eigenvalue weighted by molar-refractivity contribution is 5.97. The molecule has 1 saturated carbocycles. The molecule has 1 aromatic rings. The molecule has 2 rings (SSSR count). The number of Topliss-reactive ketones (excluding diaryl/α,β-unsaturated/α-hetero) is 1. The van der Waals surface area contributed by atoms with Crippen LogP contribution in [-0.4, -0.2) is 24.4 Å². The SMILES string of the molecule is Cl.N[C@H]1CCC[C@H]1C(=O)OCC(=O)c1ccccc1. The van der Waals surface area contributed by atoms with Crippen molar-refractivity contribution in [3.63, 3.8) is 0 Å². The van der Waals surface area contributed by atoms with Gasteiger partial charge >= 0.3 is 5.97 Å². The Bertz CT molecular complexity index is 436. The normalized spacial score (nSPS) is 21.5. The Kier molecular flexibility index (Phi) is 5.99. The third kappa shape index (κ3) is 4.04. The van der Waals surface area contributed by atoms with Crippen LogP contribution in [0.25, 0.3) is 0 Å². The summed E-state index contributed by atoms with van der Waals surface area (Å²) in [7, 11) is 0. The molecule has 0 aliphatic heterocycles. The van der Waals surface area contributed by atoms with Crippen molar-refractivity contribution < 1.29 is 14.3 Å². The summed E-state index contributed by atoms with van der Waals surface area (Å²) in [6.45, 7) is -0.202. The first-order chi connectivity index (χ1) is 8.68. The lowest BCUT2D eigenvalue weighted by Gasteiger charge is -2.13. The van der Waals surface area contributed by atoms with E-state index >= 15 is 0 Å². The number of ether oxygens (including phenoxy) is 1. The van der Waals surface area contributed by atoms with Crippen LogP contribution in [0.1, 0.15) is 29.6 Å². The van der Waals surface area contributed by atoms with Crippen LogP contribution in [-0.2, 0) is 9.53 Å². The molecule has 5 heteroatoms. The average molecular weight is 284 g/mol. The van der Waals surface area contributed by atoms with Gasteiger partial charge < -0.3 is 10.5 Å². The summed E-state index contributed by atoms with van der Waals surface area (Å²) in [5.74, 6) is -0.770. The summed E-state index contributed by atoms with van der Waals surface area (Å²) >= 11 is 0. The van der Waals surface area contributed by atoms with Crippen LogP contribution in [0.2, 0.25) is 0 Å². The van der Waals surface area contributed by atoms with Crippen LogP contribution in [0.4, 0.5) is 0 Å². The molecular formula is C14H18ClNO3. The molecule has 1 aliphatic carbocycles. The fraction of sp³-hybridized carbons (Fsp3) is 0.429. The van der Waals surface area contributed by atoms with Crippen LogP contribution >= 0.6 is 12.4 Å². The lowest BCUT2D eigenvalue weighted by Crippen LogP contribution is -2.32. The Labute approximate surface area is 118 Å². The van der Waals surface area contributed by atoms with Gasteiger partial charge in [-0.1, -0.05) is 36.8 Å². The molecule has 0 aromatic heterocycles. The Balaban J connectivity index is 0.00000180. The third-order valence-electron chi connectivity index (χ3n) is 3.31. The molecule has 0 spiro atoms. The standard InChI is InChI=1S/C14H17NO3.ClH/c15-12-8-4-7-11(12)14(17)18-9-13(16)10-5-2-1-3-6-10;/h1-3,5-6,11-12H,4,7-9,15H2;1H/t11-,12+;/m1./s1. The minimum Gasteiger partial charge on any atom is -0.457 e. The number of nitrogens with two attached hydrogens (primary N) is 1. The van der Waals surface area contributed by atoms with Crippen LogP contribution in [0.3, 0.4) is 0 Å². The third-order valence-corrected chi connectivity index (χ3v) is 3.31. The van der Waals surface area contributed by atoms with E-state index in [4.69, 9.17) is 10.5 Å². The predicted molar refractivity (Wildman–Crippen MR) is 74.3 cm³/mol. The van der Waals surface area contributed by atoms with E-state index in [0.717, 1.165) is 19.3 Å². The Morgan fingerprint density at radius 1 is 1.21 bits per heavy atom. The molecule has 0 unspecified atom stereocenters. The fourth-order valence-corrected chi connectivity index (χ4v) is 2.23. The Morgan fingerprint density at radius 2 is 1.89 bits per heavy atom. The molecule has 0 heterocycles. The average Bonchev–Trinajstić information content (AvgIpc) is 2.83. The van der Waals surface area contributed by atoms with Crippen LogP contribution in [0.15, 0.2) is 30.3 Å². The number of hydrogen-bond acceptors (Lipinski definition) is 4. The minimum absolute atomic E-state index is 0. The summed E-state index contributed by atoms with van der Waals surface area (Å²) < 4.78 is 5.04. The summed E-state index contributed by atoms with van der Waals surface area (Å²) in [5, 5.41) is 0. The van der Waals surface area contributed by atoms with E-state index in [1.165, 1.54) is 0 Å². The molecule has 1 aliphatic rings. The summed E-state index contributed by atoms with van der Waals surface area (Å²) in [4.78, 5) is 23.5. The van der Waals surface area contributed by atoms with Gasteiger partial charge in [-0.15, -0.1) is 12.4 Å². The molecular weight excluding hydrogens is 266 g/mol. The second-order valence-corrected chi connectivity index (χ2v) is 4.60. The summed E-state index contributed by atoms with van der Waals surface area (Å²) in [6, 6.07) is 8.68. The van der Waals surface area contributed by atoms with Gasteiger partial charge in [-0.25, -0.2) is 0 Å². The quantitative estimate of drug-likeness (QED) is 0.677. The number of carbonyl (C=O) groups is 2. The molecule has 2 atom stereocenters. The smallest absolute Gasteiger partial charge is 0.310 e. The second-order valence-electron chi connectivity index (χ2n) is 4.60. The molecule has 19 heavy (non-hydrogen) atoms. The maximum absolute atomic E-state index is 11.7. The summed E-state index contributed by atoms with van der Waals surface area (Å²) in [5.41, 5.74) is 6.37. The van der Waals surface area contributed by atoms with Crippen LogP contribution in [0.5, 0.6) is 0 Å². The van der Waals surface area contributed by atoms with Gasteiger partial charge in [-0.3, -0.25) is 9.59 Å². The number of halogens is 1. The molecule has 0 amide bonds. The molecule has 4 nitrogen and oxygen atoms in total. The van der Waals surface area contributed by atoms with Crippen LogP contribution in [0, 0.1) is 5.92 Å². The maximum atomic E-state index is 11.7. The van der Waals surface area contributed by atoms with Gasteiger partial charge in [0.05, 0.1) is 5.92 Å². The van der Waals surface area contributed by atoms with Gasteiger partial charge in [0.25, 0.3) is 0 Å². The van der Waals surface area contributed by atoms with E-state index in [1.54, 1.807) is 24.3 Å². The molecule has 0 bridgehead atoms. The topological polar surface area (TPSA) is 69.4 Å². The maximum Gasteiger partial charge on any atom is 0.310 e. The Morgan fingerprint density at radius 3 is 2.47 bits per heavy atom. The van der Waals surface area contributed by atoms with Crippen molar-refractivity contribution in [2.45, 2.75) is 25.3 Å². The number of esters is 1. The van der Waals surface area contributed by atoms with Crippen molar-refractivity contribution in [2.24, 2.45) is 11.7 Å². The zero-order valence-electron chi connectivity index (χ0n) is 10.6. The number of hydrogen-bond donors (Lipinski definition) is 1. The van der Waals surface area contributed by atoms with E-state index in [9.17, 15) is 9.59 Å². The highest BCUT2D eigenvalue weighted by Crippen LogP contribution is 2.25. The zero-order valence-corrected chi connectivity index (χ0v) is 11.4. The van der Waals surface area contributed by atoms with E-state index in [2.05, 4.69) is 0 Å². The molecule has 0 saturated heterocycles. The van der Waals surface area contributed by atoms with Crippen molar-refractivity contribution in [3.8, 4) is 0 Å². The first kappa shape index (κ1) is 15.7. The van der Waals surface area contributed by atoms with Gasteiger partial charge in [0.15, 0.2) is 12.4 Å². The van der Waals surface area contributed by atoms with Gasteiger partial charge in [0.2, 0.25) is 0 Å². The number of carbonyl (C=O) groups excluding carboxylic acids is 2. The van der Waals surface area contributed by atoms with E-state index in [1.807, 2.05) is 6.07 Å². The van der Waals surface area contributed by atoms with E-state index in [-0.39, 0.29) is 42.7 Å². The molecule has 0 radical (unpaired) electrons. The van der Waals surface area contributed by atoms with Crippen LogP contribution < -0.4 is 5.73 Å². The molecule has 104 valence electrons. The zero-order chi connectivity index (χ0) is 13.0. The first-order valence-corrected chi connectivity index (χ1v) is 6.19. The lowest BCUT2D eigenvalue weighted by molar-refractivity contribution is -0.147. The number of benzene rings is 1. The van der Waals surface area contributed by atoms with Gasteiger partial charge in [0, 0.05) is 11.6 Å². The van der Waals surface area contributed by atoms with Gasteiger partial charge in [-0.2, -0.15) is 0 Å². The van der Waals surface area contributed by atoms with E-state index in [0.29, 0.717) is 5.56 Å². The van der Waals surface area contributed by atoms with Crippen molar-refractivity contribution in [1.29, 1.82) is 0 Å². The van der Waals surface area contributed by atoms with Crippen molar-refractivity contribution >= 4 is 24.2 Å². The number of rotatable bonds is 4. The Hall–Kier alpha value is -1.39. The lowest BCUT2D eigenvalue weighted by atomic mass is 10.1. The largest absolute Gasteiger partial charge is 0.457 e. The summed E-state index contributed by atoms with van der Waals surface area (Å²) in [6.07, 6.45) is 2.57. The van der Waals surface area contributed by atoms with Crippen molar-refractivity contribution in [1.82, 2.24) is 0 Å². The molecule has 1 aromatic carbocycles. The molecule has 2 N–H and O–H groups in total. The second kappa shape index (κ2) is 7.26. The highest BCUT2D eigenvalue weighted by atomic mass is 35.5. The highest BCUT2D eigenvalue weighted by Gasteiger charge is 2.31. The first-order valence-electron chi connectivity index (χ1n) is 6.19. The number of ketones is 1. The fourth-order valence-electron chi connectivity index (χ4n) is 2.23. The van der Waals surface area contributed by atoms with Crippen molar-refractivity contribution in [3.05, 3.63) is 35.9 Å². The monoisotopic (exact) mass is 283 g/mol. The molecule has 1 fully saturated rings. The van der Waals surface area contributed by atoms with E-state index < -0.39 is 0 Å². The van der Waals surface area contributed by atoms with Crippen molar-refractivity contribution in [2.75, 3.05) is 6.61 Å². The predicted octanol–water partition coefficient (Wildman–Crippen LogP) is 1.96. The van der Waals surface area contributed by atoms with Gasteiger partial charge in [0.1, 0.15) is 0 Å².